The third-order valence-corrected chi connectivity index (χ3v) is 4.48. The summed E-state index contributed by atoms with van der Waals surface area (Å²) >= 11 is 11.7. The van der Waals surface area contributed by atoms with Crippen LogP contribution in [0.25, 0.3) is 0 Å². The van der Waals surface area contributed by atoms with E-state index in [2.05, 4.69) is 5.32 Å². The number of rotatable bonds is 4. The number of halogens is 2. The minimum Gasteiger partial charge on any atom is -0.484 e. The van der Waals surface area contributed by atoms with Crippen molar-refractivity contribution >= 4 is 29.1 Å². The smallest absolute Gasteiger partial charge is 0.258 e. The summed E-state index contributed by atoms with van der Waals surface area (Å²) in [5, 5.41) is 3.84. The number of hydrogen-bond acceptors (Lipinski definition) is 3. The standard InChI is InChI=1S/C13H14Cl2N2O2/c14-9-2-1-8(3-10(9)15)19-4-11(18)17-13-5-12(16,6-13)7-13/h1-3H,4-7,16H2,(H,17,18). The zero-order chi connectivity index (χ0) is 13.7. The molecule has 3 N–H and O–H groups in total. The molecule has 6 heteroatoms. The number of amides is 1. The van der Waals surface area contributed by atoms with E-state index in [-0.39, 0.29) is 23.6 Å². The average molecular weight is 301 g/mol. The van der Waals surface area contributed by atoms with Crippen molar-refractivity contribution < 1.29 is 9.53 Å². The highest BCUT2D eigenvalue weighted by molar-refractivity contribution is 6.42. The second-order valence-electron chi connectivity index (χ2n) is 5.59. The molecule has 2 bridgehead atoms. The van der Waals surface area contributed by atoms with Crippen molar-refractivity contribution in [2.24, 2.45) is 5.73 Å². The molecule has 1 amide bonds. The highest BCUT2D eigenvalue weighted by Gasteiger charge is 2.66. The lowest BCUT2D eigenvalue weighted by atomic mass is 9.44. The van der Waals surface area contributed by atoms with Gasteiger partial charge in [0.25, 0.3) is 5.91 Å². The Morgan fingerprint density at radius 2 is 2.00 bits per heavy atom. The third kappa shape index (κ3) is 2.40. The van der Waals surface area contributed by atoms with E-state index in [1.54, 1.807) is 18.2 Å². The lowest BCUT2D eigenvalue weighted by molar-refractivity contribution is -0.137. The van der Waals surface area contributed by atoms with Crippen LogP contribution in [-0.4, -0.2) is 23.6 Å². The molecule has 3 aliphatic carbocycles. The number of nitrogens with two attached hydrogens (primary N) is 1. The van der Waals surface area contributed by atoms with Gasteiger partial charge in [-0.2, -0.15) is 0 Å². The van der Waals surface area contributed by atoms with Gasteiger partial charge >= 0.3 is 0 Å². The highest BCUT2D eigenvalue weighted by Crippen LogP contribution is 2.58. The van der Waals surface area contributed by atoms with Gasteiger partial charge in [0.1, 0.15) is 5.75 Å². The van der Waals surface area contributed by atoms with Gasteiger partial charge in [0.05, 0.1) is 10.0 Å². The average Bonchev–Trinajstić information content (AvgIpc) is 2.27. The van der Waals surface area contributed by atoms with Gasteiger partial charge in [0.2, 0.25) is 0 Å². The first-order chi connectivity index (χ1) is 8.90. The molecule has 0 aromatic heterocycles. The van der Waals surface area contributed by atoms with E-state index in [4.69, 9.17) is 33.7 Å². The highest BCUT2D eigenvalue weighted by atomic mass is 35.5. The normalized spacial score (nSPS) is 31.1. The van der Waals surface area contributed by atoms with Crippen LogP contribution in [-0.2, 0) is 4.79 Å². The van der Waals surface area contributed by atoms with Crippen LogP contribution in [0.2, 0.25) is 10.0 Å². The number of hydrogen-bond donors (Lipinski definition) is 2. The van der Waals surface area contributed by atoms with Gasteiger partial charge < -0.3 is 15.8 Å². The van der Waals surface area contributed by atoms with Crippen molar-refractivity contribution in [3.63, 3.8) is 0 Å². The van der Waals surface area contributed by atoms with Crippen LogP contribution in [0.4, 0.5) is 0 Å². The summed E-state index contributed by atoms with van der Waals surface area (Å²) in [6, 6.07) is 4.90. The molecular formula is C13H14Cl2N2O2. The van der Waals surface area contributed by atoms with E-state index in [9.17, 15) is 4.79 Å². The SMILES string of the molecule is NC12CC(NC(=O)COc3ccc(Cl)c(Cl)c3)(C1)C2. The number of nitrogens with one attached hydrogen (secondary N) is 1. The monoisotopic (exact) mass is 300 g/mol. The van der Waals surface area contributed by atoms with E-state index < -0.39 is 0 Å². The maximum absolute atomic E-state index is 11.8. The summed E-state index contributed by atoms with van der Waals surface area (Å²) in [5.41, 5.74) is 5.86. The molecule has 0 atom stereocenters. The maximum atomic E-state index is 11.8. The molecule has 0 aliphatic heterocycles. The summed E-state index contributed by atoms with van der Waals surface area (Å²) in [6.45, 7) is -0.0305. The molecule has 1 aromatic rings. The lowest BCUT2D eigenvalue weighted by Crippen LogP contribution is -2.82. The first kappa shape index (κ1) is 13.0. The molecule has 3 fully saturated rings. The van der Waals surface area contributed by atoms with Crippen LogP contribution < -0.4 is 15.8 Å². The van der Waals surface area contributed by atoms with E-state index >= 15 is 0 Å². The van der Waals surface area contributed by atoms with Crippen LogP contribution >= 0.6 is 23.2 Å². The number of carbonyl (C=O) groups is 1. The first-order valence-electron chi connectivity index (χ1n) is 6.08. The molecule has 3 aliphatic rings. The van der Waals surface area contributed by atoms with Gasteiger partial charge in [-0.05, 0) is 31.4 Å². The van der Waals surface area contributed by atoms with E-state index in [0.29, 0.717) is 15.8 Å². The Morgan fingerprint density at radius 3 is 2.58 bits per heavy atom. The fourth-order valence-corrected chi connectivity index (χ4v) is 3.33. The molecule has 19 heavy (non-hydrogen) atoms. The summed E-state index contributed by atoms with van der Waals surface area (Å²) in [6.07, 6.45) is 2.62. The van der Waals surface area contributed by atoms with Crippen molar-refractivity contribution in [1.82, 2.24) is 5.32 Å². The zero-order valence-corrected chi connectivity index (χ0v) is 11.7. The fraction of sp³-hybridized carbons (Fsp3) is 0.462. The van der Waals surface area contributed by atoms with Gasteiger partial charge in [-0.15, -0.1) is 0 Å². The number of carbonyl (C=O) groups excluding carboxylic acids is 1. The molecule has 0 heterocycles. The molecule has 3 saturated carbocycles. The Kier molecular flexibility index (Phi) is 2.93. The fourth-order valence-electron chi connectivity index (χ4n) is 3.05. The maximum Gasteiger partial charge on any atom is 0.258 e. The van der Waals surface area contributed by atoms with Crippen molar-refractivity contribution in [3.8, 4) is 5.75 Å². The summed E-state index contributed by atoms with van der Waals surface area (Å²) in [4.78, 5) is 11.8. The molecule has 1 aromatic carbocycles. The predicted molar refractivity (Wildman–Crippen MR) is 73.6 cm³/mol. The van der Waals surface area contributed by atoms with Gasteiger partial charge in [-0.1, -0.05) is 23.2 Å². The molecule has 0 radical (unpaired) electrons. The van der Waals surface area contributed by atoms with E-state index in [1.807, 2.05) is 0 Å². The Labute approximate surface area is 121 Å². The van der Waals surface area contributed by atoms with Crippen molar-refractivity contribution in [2.75, 3.05) is 6.61 Å². The van der Waals surface area contributed by atoms with Crippen molar-refractivity contribution in [2.45, 2.75) is 30.3 Å². The molecule has 102 valence electrons. The topological polar surface area (TPSA) is 64.3 Å². The zero-order valence-electron chi connectivity index (χ0n) is 10.2. The van der Waals surface area contributed by atoms with Crippen LogP contribution in [0, 0.1) is 0 Å². The molecule has 4 rings (SSSR count). The Balaban J connectivity index is 1.49. The summed E-state index contributed by atoms with van der Waals surface area (Å²) in [7, 11) is 0. The quantitative estimate of drug-likeness (QED) is 0.895. The van der Waals surface area contributed by atoms with Gasteiger partial charge in [-0.3, -0.25) is 4.79 Å². The second kappa shape index (κ2) is 4.27. The lowest BCUT2D eigenvalue weighted by Gasteiger charge is -2.68. The largest absolute Gasteiger partial charge is 0.484 e. The van der Waals surface area contributed by atoms with Gasteiger partial charge in [-0.25, -0.2) is 0 Å². The molecular weight excluding hydrogens is 287 g/mol. The Morgan fingerprint density at radius 1 is 1.32 bits per heavy atom. The Bertz CT molecular complexity index is 528. The minimum absolute atomic E-state index is 0.0160. The predicted octanol–water partition coefficient (Wildman–Crippen LogP) is 2.12. The number of benzene rings is 1. The van der Waals surface area contributed by atoms with Gasteiger partial charge in [0, 0.05) is 17.1 Å². The van der Waals surface area contributed by atoms with Crippen LogP contribution in [0.3, 0.4) is 0 Å². The molecule has 0 spiro atoms. The summed E-state index contributed by atoms with van der Waals surface area (Å²) < 4.78 is 5.37. The summed E-state index contributed by atoms with van der Waals surface area (Å²) in [5.74, 6) is 0.394. The van der Waals surface area contributed by atoms with E-state index in [1.165, 1.54) is 0 Å². The van der Waals surface area contributed by atoms with Crippen molar-refractivity contribution in [1.29, 1.82) is 0 Å². The molecule has 0 unspecified atom stereocenters. The van der Waals surface area contributed by atoms with Crippen LogP contribution in [0.1, 0.15) is 19.3 Å². The third-order valence-electron chi connectivity index (χ3n) is 3.74. The number of ether oxygens (including phenoxy) is 1. The van der Waals surface area contributed by atoms with Crippen LogP contribution in [0.15, 0.2) is 18.2 Å². The first-order valence-corrected chi connectivity index (χ1v) is 6.83. The molecule has 0 saturated heterocycles. The second-order valence-corrected chi connectivity index (χ2v) is 6.40. The minimum atomic E-state index is -0.132. The molecule has 4 nitrogen and oxygen atoms in total. The van der Waals surface area contributed by atoms with Crippen LogP contribution in [0.5, 0.6) is 5.75 Å². The van der Waals surface area contributed by atoms with Crippen molar-refractivity contribution in [3.05, 3.63) is 28.2 Å². The van der Waals surface area contributed by atoms with Gasteiger partial charge in [0.15, 0.2) is 6.61 Å². The Hall–Kier alpha value is -0.970. The van der Waals surface area contributed by atoms with E-state index in [0.717, 1.165) is 19.3 Å².